The Balaban J connectivity index is 1.76. The van der Waals surface area contributed by atoms with Crippen LogP contribution in [0.25, 0.3) is 0 Å². The van der Waals surface area contributed by atoms with Crippen LogP contribution in [-0.4, -0.2) is 50.8 Å². The SMILES string of the molecule is COc1ccc(C(CNC(=O)c2cc(F)ccc2F)N2CCOCC2)cc1. The lowest BCUT2D eigenvalue weighted by atomic mass is 10.0. The van der Waals surface area contributed by atoms with E-state index in [0.29, 0.717) is 13.2 Å². The predicted octanol–water partition coefficient (Wildman–Crippen LogP) is 2.78. The minimum absolute atomic E-state index is 0.111. The molecule has 2 aromatic rings. The third-order valence-corrected chi connectivity index (χ3v) is 4.62. The number of morpholine rings is 1. The number of carbonyl (C=O) groups excluding carboxylic acids is 1. The van der Waals surface area contributed by atoms with Crippen molar-refractivity contribution in [2.75, 3.05) is 40.0 Å². The number of halogens is 2. The first kappa shape index (κ1) is 19.3. The zero-order valence-electron chi connectivity index (χ0n) is 15.1. The van der Waals surface area contributed by atoms with Gasteiger partial charge in [0.25, 0.3) is 5.91 Å². The Hall–Kier alpha value is -2.51. The van der Waals surface area contributed by atoms with E-state index < -0.39 is 17.5 Å². The van der Waals surface area contributed by atoms with Crippen molar-refractivity contribution in [3.8, 4) is 5.75 Å². The molecule has 0 aliphatic carbocycles. The topological polar surface area (TPSA) is 50.8 Å². The van der Waals surface area contributed by atoms with Crippen LogP contribution in [-0.2, 0) is 4.74 Å². The number of methoxy groups -OCH3 is 1. The highest BCUT2D eigenvalue weighted by molar-refractivity contribution is 5.94. The standard InChI is InChI=1S/C20H22F2N2O3/c1-26-16-5-2-14(3-6-16)19(24-8-10-27-11-9-24)13-23-20(25)17-12-15(21)4-7-18(17)22/h2-7,12,19H,8-11,13H2,1H3,(H,23,25). The van der Waals surface area contributed by atoms with Gasteiger partial charge in [0.2, 0.25) is 0 Å². The van der Waals surface area contributed by atoms with Crippen molar-refractivity contribution in [1.82, 2.24) is 10.2 Å². The minimum Gasteiger partial charge on any atom is -0.497 e. The molecule has 0 saturated carbocycles. The van der Waals surface area contributed by atoms with Crippen molar-refractivity contribution in [3.63, 3.8) is 0 Å². The van der Waals surface area contributed by atoms with Crippen molar-refractivity contribution >= 4 is 5.91 Å². The van der Waals surface area contributed by atoms with Crippen molar-refractivity contribution in [1.29, 1.82) is 0 Å². The number of nitrogens with one attached hydrogen (secondary N) is 1. The van der Waals surface area contributed by atoms with Crippen LogP contribution >= 0.6 is 0 Å². The average molecular weight is 376 g/mol. The van der Waals surface area contributed by atoms with Gasteiger partial charge in [-0.05, 0) is 35.9 Å². The molecular weight excluding hydrogens is 354 g/mol. The Morgan fingerprint density at radius 3 is 2.56 bits per heavy atom. The number of hydrogen-bond acceptors (Lipinski definition) is 4. The molecule has 1 saturated heterocycles. The molecule has 1 aliphatic heterocycles. The molecule has 0 bridgehead atoms. The van der Waals surface area contributed by atoms with E-state index >= 15 is 0 Å². The van der Waals surface area contributed by atoms with Gasteiger partial charge in [0.05, 0.1) is 31.9 Å². The average Bonchev–Trinajstić information content (AvgIpc) is 2.71. The first-order chi connectivity index (χ1) is 13.1. The van der Waals surface area contributed by atoms with E-state index in [1.54, 1.807) is 7.11 Å². The first-order valence-corrected chi connectivity index (χ1v) is 8.77. The summed E-state index contributed by atoms with van der Waals surface area (Å²) in [6.07, 6.45) is 0. The molecular formula is C20H22F2N2O3. The van der Waals surface area contributed by atoms with Crippen LogP contribution in [0.4, 0.5) is 8.78 Å². The fourth-order valence-electron chi connectivity index (χ4n) is 3.13. The van der Waals surface area contributed by atoms with Gasteiger partial charge in [0.1, 0.15) is 17.4 Å². The van der Waals surface area contributed by atoms with Gasteiger partial charge in [-0.3, -0.25) is 9.69 Å². The summed E-state index contributed by atoms with van der Waals surface area (Å²) < 4.78 is 37.8. The summed E-state index contributed by atoms with van der Waals surface area (Å²) in [6, 6.07) is 10.3. The monoisotopic (exact) mass is 376 g/mol. The van der Waals surface area contributed by atoms with Crippen LogP contribution in [0.1, 0.15) is 22.0 Å². The maximum atomic E-state index is 13.8. The molecule has 1 fully saturated rings. The minimum atomic E-state index is -0.749. The summed E-state index contributed by atoms with van der Waals surface area (Å²) >= 11 is 0. The fourth-order valence-corrected chi connectivity index (χ4v) is 3.13. The number of benzene rings is 2. The van der Waals surface area contributed by atoms with E-state index in [2.05, 4.69) is 10.2 Å². The molecule has 1 amide bonds. The lowest BCUT2D eigenvalue weighted by Gasteiger charge is -2.35. The molecule has 7 heteroatoms. The molecule has 1 heterocycles. The number of nitrogens with zero attached hydrogens (tertiary/aromatic N) is 1. The summed E-state index contributed by atoms with van der Waals surface area (Å²) in [4.78, 5) is 14.6. The van der Waals surface area contributed by atoms with Crippen molar-refractivity contribution < 1.29 is 23.0 Å². The van der Waals surface area contributed by atoms with Gasteiger partial charge >= 0.3 is 0 Å². The second-order valence-electron chi connectivity index (χ2n) is 6.27. The van der Waals surface area contributed by atoms with Crippen LogP contribution in [0.2, 0.25) is 0 Å². The van der Waals surface area contributed by atoms with Gasteiger partial charge in [-0.2, -0.15) is 0 Å². The number of carbonyl (C=O) groups is 1. The second-order valence-corrected chi connectivity index (χ2v) is 6.27. The smallest absolute Gasteiger partial charge is 0.254 e. The third kappa shape index (κ3) is 4.81. The van der Waals surface area contributed by atoms with Gasteiger partial charge in [0.15, 0.2) is 0 Å². The molecule has 3 rings (SSSR count). The Morgan fingerprint density at radius 2 is 1.89 bits per heavy atom. The van der Waals surface area contributed by atoms with Crippen LogP contribution in [0.5, 0.6) is 5.75 Å². The highest BCUT2D eigenvalue weighted by Gasteiger charge is 2.24. The van der Waals surface area contributed by atoms with Crippen molar-refractivity contribution in [3.05, 3.63) is 65.2 Å². The van der Waals surface area contributed by atoms with Gasteiger partial charge in [-0.25, -0.2) is 8.78 Å². The van der Waals surface area contributed by atoms with Crippen LogP contribution in [0.15, 0.2) is 42.5 Å². The third-order valence-electron chi connectivity index (χ3n) is 4.62. The summed E-state index contributed by atoms with van der Waals surface area (Å²) in [7, 11) is 1.60. The van der Waals surface area contributed by atoms with E-state index in [0.717, 1.165) is 42.6 Å². The molecule has 1 aliphatic rings. The Kier molecular flexibility index (Phi) is 6.36. The normalized spacial score (nSPS) is 16.0. The van der Waals surface area contributed by atoms with Gasteiger partial charge < -0.3 is 14.8 Å². The highest BCUT2D eigenvalue weighted by Crippen LogP contribution is 2.24. The number of amides is 1. The lowest BCUT2D eigenvalue weighted by Crippen LogP contribution is -2.43. The number of hydrogen-bond donors (Lipinski definition) is 1. The molecule has 1 unspecified atom stereocenters. The molecule has 27 heavy (non-hydrogen) atoms. The maximum Gasteiger partial charge on any atom is 0.254 e. The zero-order valence-corrected chi connectivity index (χ0v) is 15.1. The van der Waals surface area contributed by atoms with Gasteiger partial charge in [-0.1, -0.05) is 12.1 Å². The molecule has 0 spiro atoms. The van der Waals surface area contributed by atoms with Crippen LogP contribution in [0.3, 0.4) is 0 Å². The van der Waals surface area contributed by atoms with Crippen molar-refractivity contribution in [2.45, 2.75) is 6.04 Å². The number of ether oxygens (including phenoxy) is 2. The maximum absolute atomic E-state index is 13.8. The van der Waals surface area contributed by atoms with E-state index in [-0.39, 0.29) is 18.2 Å². The summed E-state index contributed by atoms with van der Waals surface area (Å²) in [6.45, 7) is 2.93. The molecule has 1 atom stereocenters. The second kappa shape index (κ2) is 8.92. The Bertz CT molecular complexity index is 777. The summed E-state index contributed by atoms with van der Waals surface area (Å²) in [5.74, 6) is -1.30. The lowest BCUT2D eigenvalue weighted by molar-refractivity contribution is 0.0162. The summed E-state index contributed by atoms with van der Waals surface area (Å²) in [5, 5.41) is 2.73. The summed E-state index contributed by atoms with van der Waals surface area (Å²) in [5.41, 5.74) is 0.697. The fraction of sp³-hybridized carbons (Fsp3) is 0.350. The van der Waals surface area contributed by atoms with E-state index in [9.17, 15) is 13.6 Å². The Morgan fingerprint density at radius 1 is 1.19 bits per heavy atom. The predicted molar refractivity (Wildman–Crippen MR) is 96.8 cm³/mol. The molecule has 0 aromatic heterocycles. The largest absolute Gasteiger partial charge is 0.497 e. The van der Waals surface area contributed by atoms with Crippen LogP contribution in [0, 0.1) is 11.6 Å². The van der Waals surface area contributed by atoms with E-state index in [4.69, 9.17) is 9.47 Å². The number of rotatable bonds is 6. The Labute approximate surface area is 156 Å². The highest BCUT2D eigenvalue weighted by atomic mass is 19.1. The molecule has 0 radical (unpaired) electrons. The van der Waals surface area contributed by atoms with Crippen LogP contribution < -0.4 is 10.1 Å². The van der Waals surface area contributed by atoms with Crippen molar-refractivity contribution in [2.24, 2.45) is 0 Å². The molecule has 5 nitrogen and oxygen atoms in total. The van der Waals surface area contributed by atoms with Gasteiger partial charge in [0, 0.05) is 19.6 Å². The quantitative estimate of drug-likeness (QED) is 0.842. The van der Waals surface area contributed by atoms with E-state index in [1.807, 2.05) is 24.3 Å². The molecule has 2 aromatic carbocycles. The first-order valence-electron chi connectivity index (χ1n) is 8.77. The molecule has 144 valence electrons. The zero-order chi connectivity index (χ0) is 19.2. The van der Waals surface area contributed by atoms with Gasteiger partial charge in [-0.15, -0.1) is 0 Å². The van der Waals surface area contributed by atoms with E-state index in [1.165, 1.54) is 0 Å². The molecule has 1 N–H and O–H groups in total.